The smallest absolute Gasteiger partial charge is 0.372 e. The summed E-state index contributed by atoms with van der Waals surface area (Å²) in [6, 6.07) is 8.36. The first kappa shape index (κ1) is 13.6. The first-order chi connectivity index (χ1) is 9.60. The molecule has 0 amide bonds. The number of fused-ring (bicyclic) bond motifs is 1. The summed E-state index contributed by atoms with van der Waals surface area (Å²) in [5.74, 6) is -0.130. The molecule has 1 heterocycles. The van der Waals surface area contributed by atoms with Crippen molar-refractivity contribution in [1.29, 1.82) is 0 Å². The number of carbonyl (C=O) groups excluding carboxylic acids is 1. The number of quaternary nitrogens is 1. The van der Waals surface area contributed by atoms with Crippen molar-refractivity contribution in [2.24, 2.45) is 0 Å². The highest BCUT2D eigenvalue weighted by atomic mass is 16.5. The van der Waals surface area contributed by atoms with Gasteiger partial charge in [0.15, 0.2) is 0 Å². The maximum Gasteiger partial charge on any atom is 0.372 e. The molecule has 3 nitrogen and oxygen atoms in total. The van der Waals surface area contributed by atoms with Crippen LogP contribution in [-0.4, -0.2) is 18.6 Å². The summed E-state index contributed by atoms with van der Waals surface area (Å²) in [4.78, 5) is 12.4. The van der Waals surface area contributed by atoms with Gasteiger partial charge in [-0.05, 0) is 18.4 Å². The lowest BCUT2D eigenvalue weighted by atomic mass is 9.69. The van der Waals surface area contributed by atoms with Crippen LogP contribution in [0.15, 0.2) is 24.3 Å². The molecule has 108 valence electrons. The monoisotopic (exact) mass is 274 g/mol. The van der Waals surface area contributed by atoms with Crippen LogP contribution >= 0.6 is 0 Å². The number of methoxy groups -OCH3 is 1. The molecule has 1 atom stereocenters. The predicted molar refractivity (Wildman–Crippen MR) is 77.3 cm³/mol. The summed E-state index contributed by atoms with van der Waals surface area (Å²) >= 11 is 0. The van der Waals surface area contributed by atoms with Gasteiger partial charge in [0.2, 0.25) is 5.54 Å². The Balaban J connectivity index is 2.07. The van der Waals surface area contributed by atoms with E-state index in [-0.39, 0.29) is 11.5 Å². The number of nitrogens with two attached hydrogens (primary N) is 1. The van der Waals surface area contributed by atoms with Crippen LogP contribution in [0.25, 0.3) is 0 Å². The Hall–Kier alpha value is -1.35. The van der Waals surface area contributed by atoms with Crippen molar-refractivity contribution in [1.82, 2.24) is 0 Å². The number of ether oxygens (including phenoxy) is 1. The van der Waals surface area contributed by atoms with Gasteiger partial charge in [-0.2, -0.15) is 0 Å². The molecule has 1 aliphatic heterocycles. The van der Waals surface area contributed by atoms with Crippen molar-refractivity contribution >= 4 is 5.97 Å². The van der Waals surface area contributed by atoms with E-state index in [0.29, 0.717) is 0 Å². The fourth-order valence-electron chi connectivity index (χ4n) is 4.26. The maximum atomic E-state index is 12.4. The standard InChI is InChI=1S/C17H23NO2/c1-16(15(19)20-2)14-9-5-4-8-13(14)12-17(18-16)10-6-3-7-11-17/h4-5,8-9,18H,3,6-7,10-12H2,1-2H3/p+1/t16-/m1/s1. The molecule has 1 aromatic rings. The summed E-state index contributed by atoms with van der Waals surface area (Å²) in [5, 5.41) is 2.31. The SMILES string of the molecule is COC(=O)[C@]1(C)[NH2+]C2(CCCCC2)Cc2ccccc21. The summed E-state index contributed by atoms with van der Waals surface area (Å²) in [6.07, 6.45) is 7.36. The van der Waals surface area contributed by atoms with E-state index in [1.165, 1.54) is 44.8 Å². The van der Waals surface area contributed by atoms with Gasteiger partial charge in [-0.15, -0.1) is 0 Å². The van der Waals surface area contributed by atoms with Crippen molar-refractivity contribution in [2.75, 3.05) is 7.11 Å². The Labute approximate surface area is 120 Å². The minimum absolute atomic E-state index is 0.130. The van der Waals surface area contributed by atoms with Gasteiger partial charge in [0.05, 0.1) is 7.11 Å². The fraction of sp³-hybridized carbons (Fsp3) is 0.588. The van der Waals surface area contributed by atoms with Crippen LogP contribution < -0.4 is 5.32 Å². The second-order valence-corrected chi connectivity index (χ2v) is 6.60. The molecular weight excluding hydrogens is 250 g/mol. The minimum Gasteiger partial charge on any atom is -0.464 e. The molecule has 3 rings (SSSR count). The molecule has 2 aliphatic rings. The van der Waals surface area contributed by atoms with Crippen LogP contribution in [0, 0.1) is 0 Å². The maximum absolute atomic E-state index is 12.4. The van der Waals surface area contributed by atoms with E-state index in [2.05, 4.69) is 23.5 Å². The quantitative estimate of drug-likeness (QED) is 0.795. The van der Waals surface area contributed by atoms with Gasteiger partial charge in [-0.25, -0.2) is 4.79 Å². The van der Waals surface area contributed by atoms with E-state index in [0.717, 1.165) is 12.0 Å². The number of carbonyl (C=O) groups is 1. The Morgan fingerprint density at radius 3 is 2.60 bits per heavy atom. The van der Waals surface area contributed by atoms with E-state index in [1.807, 2.05) is 13.0 Å². The van der Waals surface area contributed by atoms with Gasteiger partial charge in [-0.3, -0.25) is 0 Å². The Kier molecular flexibility index (Phi) is 3.33. The van der Waals surface area contributed by atoms with Gasteiger partial charge in [-0.1, -0.05) is 30.7 Å². The number of rotatable bonds is 1. The summed E-state index contributed by atoms with van der Waals surface area (Å²) in [6.45, 7) is 2.02. The number of esters is 1. The molecule has 1 aromatic carbocycles. The van der Waals surface area contributed by atoms with Crippen LogP contribution in [0.2, 0.25) is 0 Å². The van der Waals surface area contributed by atoms with Gasteiger partial charge in [0.25, 0.3) is 0 Å². The highest BCUT2D eigenvalue weighted by Crippen LogP contribution is 2.36. The first-order valence-corrected chi connectivity index (χ1v) is 7.64. The lowest BCUT2D eigenvalue weighted by molar-refractivity contribution is -0.789. The average Bonchev–Trinajstić information content (AvgIpc) is 2.47. The van der Waals surface area contributed by atoms with Gasteiger partial charge in [0, 0.05) is 31.7 Å². The zero-order valence-corrected chi connectivity index (χ0v) is 12.4. The van der Waals surface area contributed by atoms with Crippen molar-refractivity contribution in [3.8, 4) is 0 Å². The van der Waals surface area contributed by atoms with Crippen molar-refractivity contribution < 1.29 is 14.8 Å². The molecule has 1 spiro atoms. The minimum atomic E-state index is -0.596. The van der Waals surface area contributed by atoms with Crippen molar-refractivity contribution in [2.45, 2.75) is 56.5 Å². The van der Waals surface area contributed by atoms with Gasteiger partial charge >= 0.3 is 5.97 Å². The highest BCUT2D eigenvalue weighted by molar-refractivity contribution is 5.81. The van der Waals surface area contributed by atoms with Crippen molar-refractivity contribution in [3.05, 3.63) is 35.4 Å². The molecular formula is C17H24NO2+. The predicted octanol–water partition coefficient (Wildman–Crippen LogP) is 1.90. The Bertz CT molecular complexity index is 519. The van der Waals surface area contributed by atoms with Crippen LogP contribution in [0.3, 0.4) is 0 Å². The normalized spacial score (nSPS) is 27.9. The molecule has 0 bridgehead atoms. The molecule has 1 saturated carbocycles. The molecule has 1 aliphatic carbocycles. The molecule has 2 N–H and O–H groups in total. The third-order valence-electron chi connectivity index (χ3n) is 5.17. The fourth-order valence-corrected chi connectivity index (χ4v) is 4.26. The average molecular weight is 274 g/mol. The van der Waals surface area contributed by atoms with E-state index in [1.54, 1.807) is 0 Å². The van der Waals surface area contributed by atoms with Crippen molar-refractivity contribution in [3.63, 3.8) is 0 Å². The zero-order chi connectivity index (χ0) is 14.2. The van der Waals surface area contributed by atoms with Crippen LogP contribution in [0.5, 0.6) is 0 Å². The molecule has 0 unspecified atom stereocenters. The van der Waals surface area contributed by atoms with E-state index < -0.39 is 5.54 Å². The number of hydrogen-bond donors (Lipinski definition) is 1. The molecule has 3 heteroatoms. The van der Waals surface area contributed by atoms with E-state index >= 15 is 0 Å². The largest absolute Gasteiger partial charge is 0.464 e. The molecule has 20 heavy (non-hydrogen) atoms. The van der Waals surface area contributed by atoms with E-state index in [9.17, 15) is 4.79 Å². The third-order valence-corrected chi connectivity index (χ3v) is 5.17. The zero-order valence-electron chi connectivity index (χ0n) is 12.4. The Morgan fingerprint density at radius 2 is 1.90 bits per heavy atom. The number of hydrogen-bond acceptors (Lipinski definition) is 2. The van der Waals surface area contributed by atoms with Gasteiger partial charge < -0.3 is 10.1 Å². The van der Waals surface area contributed by atoms with Crippen LogP contribution in [0.1, 0.15) is 50.2 Å². The summed E-state index contributed by atoms with van der Waals surface area (Å²) in [7, 11) is 1.49. The van der Waals surface area contributed by atoms with Crippen LogP contribution in [-0.2, 0) is 21.5 Å². The summed E-state index contributed by atoms with van der Waals surface area (Å²) < 4.78 is 5.11. The third kappa shape index (κ3) is 2.05. The second kappa shape index (κ2) is 4.88. The van der Waals surface area contributed by atoms with Gasteiger partial charge in [0.1, 0.15) is 5.54 Å². The second-order valence-electron chi connectivity index (χ2n) is 6.60. The lowest BCUT2D eigenvalue weighted by Crippen LogP contribution is -3.07. The Morgan fingerprint density at radius 1 is 1.20 bits per heavy atom. The molecule has 0 saturated heterocycles. The topological polar surface area (TPSA) is 42.9 Å². The lowest BCUT2D eigenvalue weighted by Gasteiger charge is -2.45. The highest BCUT2D eigenvalue weighted by Gasteiger charge is 2.53. The molecule has 1 fully saturated rings. The summed E-state index contributed by atoms with van der Waals surface area (Å²) in [5.41, 5.74) is 2.05. The van der Waals surface area contributed by atoms with Crippen LogP contribution in [0.4, 0.5) is 0 Å². The number of benzene rings is 1. The van der Waals surface area contributed by atoms with E-state index in [4.69, 9.17) is 4.74 Å². The first-order valence-electron chi connectivity index (χ1n) is 7.64. The molecule has 0 radical (unpaired) electrons. The molecule has 0 aromatic heterocycles.